The van der Waals surface area contributed by atoms with Crippen molar-refractivity contribution in [3.63, 3.8) is 0 Å². The average molecular weight is 380 g/mol. The summed E-state index contributed by atoms with van der Waals surface area (Å²) in [6, 6.07) is 10.9. The lowest BCUT2D eigenvalue weighted by atomic mass is 10.1. The van der Waals surface area contributed by atoms with E-state index in [9.17, 15) is 4.79 Å². The summed E-state index contributed by atoms with van der Waals surface area (Å²) in [6.07, 6.45) is 0.923. The molecular formula is C19H19Cl2NO3. The largest absolute Gasteiger partial charge is 0.486 e. The zero-order chi connectivity index (χ0) is 17.8. The Bertz CT molecular complexity index is 779. The molecule has 2 aromatic rings. The minimum Gasteiger partial charge on any atom is -0.486 e. The summed E-state index contributed by atoms with van der Waals surface area (Å²) in [5.74, 6) is 1.43. The summed E-state index contributed by atoms with van der Waals surface area (Å²) in [7, 11) is 0. The van der Waals surface area contributed by atoms with Gasteiger partial charge in [0.25, 0.3) is 0 Å². The first-order chi connectivity index (χ1) is 12.0. The van der Waals surface area contributed by atoms with Crippen LogP contribution in [0.4, 0.5) is 0 Å². The van der Waals surface area contributed by atoms with Crippen molar-refractivity contribution in [3.05, 3.63) is 57.6 Å². The van der Waals surface area contributed by atoms with Crippen LogP contribution in [0.5, 0.6) is 11.5 Å². The van der Waals surface area contributed by atoms with Gasteiger partial charge in [-0.2, -0.15) is 0 Å². The lowest BCUT2D eigenvalue weighted by molar-refractivity contribution is -0.121. The second-order valence-electron chi connectivity index (χ2n) is 5.93. The van der Waals surface area contributed by atoms with Gasteiger partial charge in [0.15, 0.2) is 11.5 Å². The van der Waals surface area contributed by atoms with E-state index in [0.29, 0.717) is 36.1 Å². The Hall–Kier alpha value is -1.91. The van der Waals surface area contributed by atoms with Crippen LogP contribution in [0.25, 0.3) is 0 Å². The molecule has 4 nitrogen and oxygen atoms in total. The number of carbonyl (C=O) groups is 1. The predicted octanol–water partition coefficient (Wildman–Crippen LogP) is 4.57. The summed E-state index contributed by atoms with van der Waals surface area (Å²) in [5, 5.41) is 4.17. The smallest absolute Gasteiger partial charge is 0.220 e. The first-order valence-corrected chi connectivity index (χ1v) is 8.91. The van der Waals surface area contributed by atoms with Crippen molar-refractivity contribution in [2.45, 2.75) is 25.8 Å². The molecule has 0 aliphatic carbocycles. The molecule has 6 heteroatoms. The summed E-state index contributed by atoms with van der Waals surface area (Å²) < 4.78 is 11.1. The SMILES string of the molecule is CC(NC(=O)CCc1ccc(Cl)cc1Cl)c1ccc2c(c1)OCCO2. The summed E-state index contributed by atoms with van der Waals surface area (Å²) in [6.45, 7) is 3.05. The molecule has 1 aliphatic heterocycles. The zero-order valence-corrected chi connectivity index (χ0v) is 15.4. The number of halogens is 2. The molecule has 0 radical (unpaired) electrons. The van der Waals surface area contributed by atoms with Gasteiger partial charge in [-0.1, -0.05) is 35.3 Å². The molecular weight excluding hydrogens is 361 g/mol. The van der Waals surface area contributed by atoms with Crippen LogP contribution in [0, 0.1) is 0 Å². The van der Waals surface area contributed by atoms with Crippen LogP contribution in [-0.4, -0.2) is 19.1 Å². The molecule has 1 unspecified atom stereocenters. The number of benzene rings is 2. The van der Waals surface area contributed by atoms with E-state index in [0.717, 1.165) is 22.6 Å². The van der Waals surface area contributed by atoms with Gasteiger partial charge in [0.1, 0.15) is 13.2 Å². The Morgan fingerprint density at radius 1 is 1.12 bits per heavy atom. The van der Waals surface area contributed by atoms with Gasteiger partial charge in [0, 0.05) is 16.5 Å². The van der Waals surface area contributed by atoms with Crippen LogP contribution < -0.4 is 14.8 Å². The van der Waals surface area contributed by atoms with E-state index in [2.05, 4.69) is 5.32 Å². The maximum absolute atomic E-state index is 12.2. The quantitative estimate of drug-likeness (QED) is 0.827. The number of fused-ring (bicyclic) bond motifs is 1. The number of aryl methyl sites for hydroxylation is 1. The van der Waals surface area contributed by atoms with Gasteiger partial charge in [0.2, 0.25) is 5.91 Å². The molecule has 132 valence electrons. The van der Waals surface area contributed by atoms with E-state index in [1.807, 2.05) is 31.2 Å². The lowest BCUT2D eigenvalue weighted by Crippen LogP contribution is -2.27. The van der Waals surface area contributed by atoms with Crippen LogP contribution in [0.3, 0.4) is 0 Å². The predicted molar refractivity (Wildman–Crippen MR) is 98.8 cm³/mol. The van der Waals surface area contributed by atoms with Crippen molar-refractivity contribution in [1.29, 1.82) is 0 Å². The van der Waals surface area contributed by atoms with E-state index in [1.165, 1.54) is 0 Å². The van der Waals surface area contributed by atoms with E-state index in [4.69, 9.17) is 32.7 Å². The standard InChI is InChI=1S/C19H19Cl2NO3/c1-12(14-3-6-17-18(10-14)25-9-8-24-17)22-19(23)7-4-13-2-5-15(20)11-16(13)21/h2-3,5-6,10-12H,4,7-9H2,1H3,(H,22,23). The van der Waals surface area contributed by atoms with Crippen molar-refractivity contribution in [2.75, 3.05) is 13.2 Å². The average Bonchev–Trinajstić information content (AvgIpc) is 2.60. The van der Waals surface area contributed by atoms with Gasteiger partial charge in [-0.25, -0.2) is 0 Å². The van der Waals surface area contributed by atoms with Crippen LogP contribution in [0.15, 0.2) is 36.4 Å². The third-order valence-corrected chi connectivity index (χ3v) is 4.67. The number of ether oxygens (including phenoxy) is 2. The van der Waals surface area contributed by atoms with Crippen molar-refractivity contribution < 1.29 is 14.3 Å². The van der Waals surface area contributed by atoms with E-state index in [-0.39, 0.29) is 11.9 Å². The van der Waals surface area contributed by atoms with E-state index in [1.54, 1.807) is 12.1 Å². The maximum atomic E-state index is 12.2. The molecule has 1 amide bonds. The molecule has 1 atom stereocenters. The molecule has 0 saturated heterocycles. The van der Waals surface area contributed by atoms with E-state index < -0.39 is 0 Å². The fourth-order valence-corrected chi connectivity index (χ4v) is 3.20. The molecule has 3 rings (SSSR count). The summed E-state index contributed by atoms with van der Waals surface area (Å²) in [5.41, 5.74) is 1.88. The molecule has 0 spiro atoms. The van der Waals surface area contributed by atoms with Crippen LogP contribution in [-0.2, 0) is 11.2 Å². The number of hydrogen-bond acceptors (Lipinski definition) is 3. The minimum absolute atomic E-state index is 0.0339. The Labute approximate surface area is 157 Å². The molecule has 1 aliphatic rings. The number of hydrogen-bond donors (Lipinski definition) is 1. The van der Waals surface area contributed by atoms with E-state index >= 15 is 0 Å². The Morgan fingerprint density at radius 2 is 1.88 bits per heavy atom. The normalized spacial score (nSPS) is 14.0. The van der Waals surface area contributed by atoms with Gasteiger partial charge in [-0.05, 0) is 48.7 Å². The maximum Gasteiger partial charge on any atom is 0.220 e. The van der Waals surface area contributed by atoms with Crippen molar-refractivity contribution >= 4 is 29.1 Å². The highest BCUT2D eigenvalue weighted by Crippen LogP contribution is 2.32. The van der Waals surface area contributed by atoms with Crippen molar-refractivity contribution in [2.24, 2.45) is 0 Å². The number of amides is 1. The van der Waals surface area contributed by atoms with Gasteiger partial charge in [0.05, 0.1) is 6.04 Å². The Morgan fingerprint density at radius 3 is 2.64 bits per heavy atom. The highest BCUT2D eigenvalue weighted by molar-refractivity contribution is 6.35. The second-order valence-corrected chi connectivity index (χ2v) is 6.77. The van der Waals surface area contributed by atoms with Gasteiger partial charge >= 0.3 is 0 Å². The molecule has 0 bridgehead atoms. The van der Waals surface area contributed by atoms with Crippen molar-refractivity contribution in [1.82, 2.24) is 5.32 Å². The molecule has 0 fully saturated rings. The molecule has 1 N–H and O–H groups in total. The number of rotatable bonds is 5. The van der Waals surface area contributed by atoms with Crippen LogP contribution in [0.2, 0.25) is 10.0 Å². The van der Waals surface area contributed by atoms with Crippen molar-refractivity contribution in [3.8, 4) is 11.5 Å². The van der Waals surface area contributed by atoms with Gasteiger partial charge < -0.3 is 14.8 Å². The fourth-order valence-electron chi connectivity index (χ4n) is 2.70. The monoisotopic (exact) mass is 379 g/mol. The zero-order valence-electron chi connectivity index (χ0n) is 13.9. The van der Waals surface area contributed by atoms with Crippen LogP contribution >= 0.6 is 23.2 Å². The molecule has 25 heavy (non-hydrogen) atoms. The molecule has 0 aromatic heterocycles. The second kappa shape index (κ2) is 7.98. The summed E-state index contributed by atoms with van der Waals surface area (Å²) in [4.78, 5) is 12.2. The first kappa shape index (κ1) is 17.9. The Balaban J connectivity index is 1.57. The Kier molecular flexibility index (Phi) is 5.71. The minimum atomic E-state index is -0.121. The highest BCUT2D eigenvalue weighted by Gasteiger charge is 2.16. The first-order valence-electron chi connectivity index (χ1n) is 8.16. The molecule has 2 aromatic carbocycles. The topological polar surface area (TPSA) is 47.6 Å². The molecule has 0 saturated carbocycles. The van der Waals surface area contributed by atoms with Crippen LogP contribution in [0.1, 0.15) is 30.5 Å². The lowest BCUT2D eigenvalue weighted by Gasteiger charge is -2.21. The van der Waals surface area contributed by atoms with Gasteiger partial charge in [-0.3, -0.25) is 4.79 Å². The number of nitrogens with one attached hydrogen (secondary N) is 1. The third kappa shape index (κ3) is 4.59. The third-order valence-electron chi connectivity index (χ3n) is 4.08. The number of carbonyl (C=O) groups excluding carboxylic acids is 1. The molecule has 1 heterocycles. The highest BCUT2D eigenvalue weighted by atomic mass is 35.5. The van der Waals surface area contributed by atoms with Gasteiger partial charge in [-0.15, -0.1) is 0 Å². The summed E-state index contributed by atoms with van der Waals surface area (Å²) >= 11 is 12.0. The fraction of sp³-hybridized carbons (Fsp3) is 0.316.